The fourth-order valence-corrected chi connectivity index (χ4v) is 3.10. The molecular weight excluding hydrogens is 316 g/mol. The zero-order valence-corrected chi connectivity index (χ0v) is 15.2. The summed E-state index contributed by atoms with van der Waals surface area (Å²) in [5.74, 6) is 0.433. The van der Waals surface area contributed by atoms with Gasteiger partial charge in [-0.2, -0.15) is 0 Å². The Morgan fingerprint density at radius 3 is 2.13 bits per heavy atom. The molecule has 0 bridgehead atoms. The maximum Gasteiger partial charge on any atom is 0.239 e. The topological polar surface area (TPSA) is 69.9 Å². The van der Waals surface area contributed by atoms with Crippen LogP contribution in [0.4, 0.5) is 0 Å². The van der Waals surface area contributed by atoms with Gasteiger partial charge in [0.2, 0.25) is 11.8 Å². The third kappa shape index (κ3) is 5.62. The monoisotopic (exact) mass is 346 g/mol. The number of likely N-dealkylation sites (tertiary alicyclic amines) is 1. The molecule has 2 rings (SSSR count). The van der Waals surface area contributed by atoms with Crippen molar-refractivity contribution < 1.29 is 9.59 Å². The lowest BCUT2D eigenvalue weighted by Gasteiger charge is -2.26. The van der Waals surface area contributed by atoms with E-state index < -0.39 is 6.04 Å². The standard InChI is InChI=1S/C16H30N4O2.ClH/c1-13(2)15(17)16(22)20-9-5-6-18(10-11-20)12-14(21)19-7-3-4-8-19;/h13,15H,3-12,17H2,1-2H3;1H/t15-;/m0./s1. The summed E-state index contributed by atoms with van der Waals surface area (Å²) in [6.07, 6.45) is 3.16. The summed E-state index contributed by atoms with van der Waals surface area (Å²) in [6.45, 7) is 9.29. The zero-order valence-electron chi connectivity index (χ0n) is 14.4. The van der Waals surface area contributed by atoms with E-state index in [1.54, 1.807) is 0 Å². The average Bonchev–Trinajstić information content (AvgIpc) is 2.93. The summed E-state index contributed by atoms with van der Waals surface area (Å²) in [4.78, 5) is 30.6. The second kappa shape index (κ2) is 9.45. The minimum atomic E-state index is -0.419. The second-order valence-electron chi connectivity index (χ2n) is 6.81. The highest BCUT2D eigenvalue weighted by molar-refractivity contribution is 5.85. The van der Waals surface area contributed by atoms with Crippen molar-refractivity contribution in [2.45, 2.75) is 39.2 Å². The third-order valence-electron chi connectivity index (χ3n) is 4.72. The average molecular weight is 347 g/mol. The number of amides is 2. The van der Waals surface area contributed by atoms with E-state index in [4.69, 9.17) is 5.73 Å². The second-order valence-corrected chi connectivity index (χ2v) is 6.81. The number of hydrogen-bond donors (Lipinski definition) is 1. The number of nitrogens with zero attached hydrogens (tertiary/aromatic N) is 3. The normalized spacial score (nSPS) is 21.0. The van der Waals surface area contributed by atoms with Crippen molar-refractivity contribution >= 4 is 24.2 Å². The first-order chi connectivity index (χ1) is 10.5. The van der Waals surface area contributed by atoms with Gasteiger partial charge in [-0.05, 0) is 25.2 Å². The van der Waals surface area contributed by atoms with Gasteiger partial charge >= 0.3 is 0 Å². The third-order valence-corrected chi connectivity index (χ3v) is 4.72. The van der Waals surface area contributed by atoms with Crippen molar-refractivity contribution in [1.29, 1.82) is 0 Å². The lowest BCUT2D eigenvalue weighted by molar-refractivity contribution is -0.133. The van der Waals surface area contributed by atoms with E-state index in [9.17, 15) is 9.59 Å². The van der Waals surface area contributed by atoms with Crippen LogP contribution in [0.3, 0.4) is 0 Å². The molecule has 0 aromatic rings. The van der Waals surface area contributed by atoms with E-state index in [1.807, 2.05) is 23.6 Å². The lowest BCUT2D eigenvalue weighted by atomic mass is 10.0. The maximum absolute atomic E-state index is 12.3. The smallest absolute Gasteiger partial charge is 0.239 e. The highest BCUT2D eigenvalue weighted by atomic mass is 35.5. The molecule has 2 aliphatic rings. The predicted molar refractivity (Wildman–Crippen MR) is 93.5 cm³/mol. The highest BCUT2D eigenvalue weighted by Crippen LogP contribution is 2.11. The largest absolute Gasteiger partial charge is 0.342 e. The Kier molecular flexibility index (Phi) is 8.29. The molecular formula is C16H31ClN4O2. The van der Waals surface area contributed by atoms with Crippen molar-refractivity contribution in [3.63, 3.8) is 0 Å². The minimum absolute atomic E-state index is 0. The van der Waals surface area contributed by atoms with Crippen LogP contribution in [0.15, 0.2) is 0 Å². The molecule has 2 aliphatic heterocycles. The van der Waals surface area contributed by atoms with Crippen LogP contribution in [0, 0.1) is 5.92 Å². The number of nitrogens with two attached hydrogens (primary N) is 1. The van der Waals surface area contributed by atoms with Crippen molar-refractivity contribution in [2.24, 2.45) is 11.7 Å². The Balaban J connectivity index is 0.00000264. The molecule has 0 spiro atoms. The van der Waals surface area contributed by atoms with Crippen molar-refractivity contribution in [3.8, 4) is 0 Å². The van der Waals surface area contributed by atoms with Crippen LogP contribution < -0.4 is 5.73 Å². The van der Waals surface area contributed by atoms with E-state index in [-0.39, 0.29) is 30.1 Å². The molecule has 2 fully saturated rings. The summed E-state index contributed by atoms with van der Waals surface area (Å²) >= 11 is 0. The molecule has 6 nitrogen and oxygen atoms in total. The van der Waals surface area contributed by atoms with E-state index in [0.29, 0.717) is 13.1 Å². The van der Waals surface area contributed by atoms with E-state index >= 15 is 0 Å². The van der Waals surface area contributed by atoms with Gasteiger partial charge in [-0.3, -0.25) is 14.5 Å². The fourth-order valence-electron chi connectivity index (χ4n) is 3.10. The Morgan fingerprint density at radius 2 is 1.52 bits per heavy atom. The predicted octanol–water partition coefficient (Wildman–Crippen LogP) is 0.548. The molecule has 23 heavy (non-hydrogen) atoms. The van der Waals surface area contributed by atoms with E-state index in [1.165, 1.54) is 0 Å². The van der Waals surface area contributed by atoms with Crippen molar-refractivity contribution in [1.82, 2.24) is 14.7 Å². The van der Waals surface area contributed by atoms with Crippen LogP contribution in [-0.2, 0) is 9.59 Å². The van der Waals surface area contributed by atoms with E-state index in [0.717, 1.165) is 52.0 Å². The molecule has 2 amide bonds. The SMILES string of the molecule is CC(C)[C@H](N)C(=O)N1CCCN(CC(=O)N2CCCC2)CC1.Cl. The first-order valence-corrected chi connectivity index (χ1v) is 8.53. The Bertz CT molecular complexity index is 400. The summed E-state index contributed by atoms with van der Waals surface area (Å²) in [5.41, 5.74) is 5.97. The molecule has 1 atom stereocenters. The number of hydrogen-bond acceptors (Lipinski definition) is 4. The maximum atomic E-state index is 12.3. The van der Waals surface area contributed by atoms with Gasteiger partial charge in [0.15, 0.2) is 0 Å². The molecule has 7 heteroatoms. The quantitative estimate of drug-likeness (QED) is 0.807. The van der Waals surface area contributed by atoms with Gasteiger partial charge in [0.25, 0.3) is 0 Å². The molecule has 134 valence electrons. The molecule has 0 radical (unpaired) electrons. The Hall–Kier alpha value is -0.850. The lowest BCUT2D eigenvalue weighted by Crippen LogP contribution is -2.48. The molecule has 0 aromatic carbocycles. The van der Waals surface area contributed by atoms with Gasteiger partial charge in [0.1, 0.15) is 0 Å². The van der Waals surface area contributed by atoms with Gasteiger partial charge in [-0.25, -0.2) is 0 Å². The van der Waals surface area contributed by atoms with Gasteiger partial charge in [-0.1, -0.05) is 13.8 Å². The van der Waals surface area contributed by atoms with Crippen LogP contribution >= 0.6 is 12.4 Å². The molecule has 0 aliphatic carbocycles. The highest BCUT2D eigenvalue weighted by Gasteiger charge is 2.27. The van der Waals surface area contributed by atoms with Gasteiger partial charge in [0.05, 0.1) is 12.6 Å². The number of halogens is 1. The van der Waals surface area contributed by atoms with Gasteiger partial charge in [0, 0.05) is 39.3 Å². The van der Waals surface area contributed by atoms with Crippen molar-refractivity contribution in [3.05, 3.63) is 0 Å². The minimum Gasteiger partial charge on any atom is -0.342 e. The summed E-state index contributed by atoms with van der Waals surface area (Å²) < 4.78 is 0. The van der Waals surface area contributed by atoms with Crippen LogP contribution in [0.1, 0.15) is 33.1 Å². The molecule has 2 saturated heterocycles. The molecule has 0 unspecified atom stereocenters. The van der Waals surface area contributed by atoms with Gasteiger partial charge < -0.3 is 15.5 Å². The van der Waals surface area contributed by atoms with Crippen LogP contribution in [0.25, 0.3) is 0 Å². The molecule has 0 aromatic heterocycles. The number of carbonyl (C=O) groups excluding carboxylic acids is 2. The molecule has 2 N–H and O–H groups in total. The Morgan fingerprint density at radius 1 is 0.913 bits per heavy atom. The zero-order chi connectivity index (χ0) is 16.1. The number of carbonyl (C=O) groups is 2. The summed E-state index contributed by atoms with van der Waals surface area (Å²) in [5, 5.41) is 0. The molecule has 2 heterocycles. The van der Waals surface area contributed by atoms with E-state index in [2.05, 4.69) is 4.90 Å². The molecule has 0 saturated carbocycles. The fraction of sp³-hybridized carbons (Fsp3) is 0.875. The Labute approximate surface area is 145 Å². The summed E-state index contributed by atoms with van der Waals surface area (Å²) in [7, 11) is 0. The number of rotatable bonds is 4. The van der Waals surface area contributed by atoms with Crippen molar-refractivity contribution in [2.75, 3.05) is 45.8 Å². The van der Waals surface area contributed by atoms with Crippen LogP contribution in [0.5, 0.6) is 0 Å². The van der Waals surface area contributed by atoms with Gasteiger partial charge in [-0.15, -0.1) is 12.4 Å². The van der Waals surface area contributed by atoms with Crippen LogP contribution in [0.2, 0.25) is 0 Å². The van der Waals surface area contributed by atoms with Crippen LogP contribution in [-0.4, -0.2) is 78.4 Å². The summed E-state index contributed by atoms with van der Waals surface area (Å²) in [6, 6.07) is -0.419. The first-order valence-electron chi connectivity index (χ1n) is 8.53. The first kappa shape index (κ1) is 20.2.